The number of aliphatic carboxylic acids is 1. The number of phenolic OH excluding ortho intramolecular Hbond substituents is 1. The molecule has 10 atom stereocenters. The summed E-state index contributed by atoms with van der Waals surface area (Å²) in [6.45, 7) is 7.20. The van der Waals surface area contributed by atoms with E-state index in [-0.39, 0.29) is 46.4 Å². The Hall–Kier alpha value is -5.71. The number of benzene rings is 2. The van der Waals surface area contributed by atoms with Crippen LogP contribution < -0.4 is 31.3 Å². The Bertz CT molecular complexity index is 2190. The van der Waals surface area contributed by atoms with Crippen LogP contribution in [0.25, 0.3) is 11.1 Å². The third-order valence-corrected chi connectivity index (χ3v) is 12.9. The zero-order valence-electron chi connectivity index (χ0n) is 41.7. The van der Waals surface area contributed by atoms with Crippen LogP contribution in [0.3, 0.4) is 0 Å². The fraction of sp³-hybridized carbons (Fsp3) is 0.620. The number of likely N-dealkylation sites (N-methyl/N-ethyl adjacent to an activating group) is 2. The maximum Gasteiger partial charge on any atom is 0.326 e. The Morgan fingerprint density at radius 3 is 2.11 bits per heavy atom. The van der Waals surface area contributed by atoms with Crippen LogP contribution in [0.4, 0.5) is 0 Å². The van der Waals surface area contributed by atoms with E-state index in [9.17, 15) is 64.2 Å². The Morgan fingerprint density at radius 1 is 0.845 bits per heavy atom. The standard InChI is InChI=1S/C50H74N6O15/c1-26(2)16-14-12-10-8-9-11-13-15-17-37(58)34-23-31-22-33(44(34)71-50-43(63)42(62)41(61)29(5)70-50)32-20-30(18-19-38(32)59)21-35(49(68)69)55-46(65)28(4)54-48(67)40(31)56(7)39(60)24-52-45(64)27(3)53-47(66)36(25-57)51-6/h18-20,22-23,26-29,35-36,40-43,50-51,57,59,61-63H,8-17,21,24-25H2,1-7H3,(H,52,64)(H,53,66)(H,54,67)(H,55,65)(H,68,69)/t27-,28?,29+,35?,36-,40?,41+,42-,43-,50+/m0/s1. The molecule has 2 heterocycles. The number of rotatable bonds is 23. The van der Waals surface area contributed by atoms with E-state index >= 15 is 0 Å². The molecule has 21 heteroatoms. The van der Waals surface area contributed by atoms with E-state index in [0.717, 1.165) is 37.0 Å². The number of nitrogens with one attached hydrogen (secondary N) is 5. The molecule has 4 rings (SSSR count). The number of hydrogen-bond donors (Lipinski definition) is 11. The minimum Gasteiger partial charge on any atom is -0.507 e. The van der Waals surface area contributed by atoms with Gasteiger partial charge in [-0.05, 0) is 75.5 Å². The maximum absolute atomic E-state index is 14.7. The number of aliphatic hydroxyl groups excluding tert-OH is 4. The Balaban J connectivity index is 1.87. The number of carbonyl (C=O) groups excluding carboxylic acids is 6. The first-order valence-electron chi connectivity index (χ1n) is 24.4. The number of ether oxygens (including phenoxy) is 2. The molecule has 1 fully saturated rings. The number of hydrogen-bond acceptors (Lipinski definition) is 15. The molecule has 2 aromatic rings. The highest BCUT2D eigenvalue weighted by molar-refractivity contribution is 6.03. The number of aromatic hydroxyl groups is 1. The summed E-state index contributed by atoms with van der Waals surface area (Å²) in [6, 6.07) is -0.145. The number of unbranched alkanes of at least 4 members (excludes halogenated alkanes) is 7. The van der Waals surface area contributed by atoms with Crippen molar-refractivity contribution in [2.45, 2.75) is 166 Å². The molecule has 0 saturated carbocycles. The molecule has 4 bridgehead atoms. The molecule has 11 N–H and O–H groups in total. The molecular formula is C50H74N6O15. The SMILES string of the molecule is CN[C@@H](CO)C(=O)N[C@@H](C)C(=O)NCC(=O)N(C)C1C(=O)NC(C)C(=O)NC(C(=O)O)Cc2ccc(O)c(c2)-c2cc1cc(C(=O)CCCCCCCCCCC(C)C)c2O[C@H]1O[C@H](C)[C@@H](O)[C@H](O)[C@@H]1O. The van der Waals surface area contributed by atoms with Crippen LogP contribution in [0, 0.1) is 5.92 Å². The molecule has 3 unspecified atom stereocenters. The van der Waals surface area contributed by atoms with E-state index < -0.39 is 121 Å². The molecule has 2 aliphatic heterocycles. The second-order valence-corrected chi connectivity index (χ2v) is 19.0. The normalized spacial score (nSPS) is 23.3. The average molecular weight is 999 g/mol. The predicted octanol–water partition coefficient (Wildman–Crippen LogP) is 1.34. The molecule has 1 saturated heterocycles. The molecule has 71 heavy (non-hydrogen) atoms. The topological polar surface area (TPSA) is 323 Å². The first-order chi connectivity index (χ1) is 33.6. The number of nitrogens with zero attached hydrogens (tertiary/aromatic N) is 1. The first-order valence-corrected chi connectivity index (χ1v) is 24.4. The monoisotopic (exact) mass is 999 g/mol. The van der Waals surface area contributed by atoms with Gasteiger partial charge < -0.3 is 71.6 Å². The van der Waals surface area contributed by atoms with Gasteiger partial charge in [-0.3, -0.25) is 28.8 Å². The molecule has 394 valence electrons. The van der Waals surface area contributed by atoms with Crippen molar-refractivity contribution in [3.8, 4) is 22.6 Å². The van der Waals surface area contributed by atoms with Crippen LogP contribution >= 0.6 is 0 Å². The van der Waals surface area contributed by atoms with Gasteiger partial charge in [0.05, 0.1) is 24.8 Å². The van der Waals surface area contributed by atoms with Crippen molar-refractivity contribution in [3.05, 3.63) is 47.0 Å². The summed E-state index contributed by atoms with van der Waals surface area (Å²) in [5.41, 5.74) is -0.126. The lowest BCUT2D eigenvalue weighted by molar-refractivity contribution is -0.268. The van der Waals surface area contributed by atoms with E-state index in [4.69, 9.17) is 9.47 Å². The van der Waals surface area contributed by atoms with E-state index in [0.29, 0.717) is 18.8 Å². The van der Waals surface area contributed by atoms with Crippen molar-refractivity contribution in [2.24, 2.45) is 5.92 Å². The fourth-order valence-corrected chi connectivity index (χ4v) is 8.44. The van der Waals surface area contributed by atoms with Crippen LogP contribution in [-0.4, -0.2) is 159 Å². The minimum absolute atomic E-state index is 0.0528. The number of amides is 5. The maximum atomic E-state index is 14.7. The highest BCUT2D eigenvalue weighted by atomic mass is 16.7. The average Bonchev–Trinajstić information content (AvgIpc) is 3.32. The highest BCUT2D eigenvalue weighted by Gasteiger charge is 2.44. The Labute approximate surface area is 414 Å². The lowest BCUT2D eigenvalue weighted by atomic mass is 9.89. The van der Waals surface area contributed by atoms with Gasteiger partial charge in [-0.2, -0.15) is 0 Å². The summed E-state index contributed by atoms with van der Waals surface area (Å²) < 4.78 is 12.2. The molecule has 0 spiro atoms. The summed E-state index contributed by atoms with van der Waals surface area (Å²) in [5.74, 6) is -6.23. The zero-order valence-corrected chi connectivity index (χ0v) is 41.7. The van der Waals surface area contributed by atoms with E-state index in [1.807, 2.05) is 0 Å². The summed E-state index contributed by atoms with van der Waals surface area (Å²) >= 11 is 0. The summed E-state index contributed by atoms with van der Waals surface area (Å²) in [4.78, 5) is 96.0. The lowest BCUT2D eigenvalue weighted by Crippen LogP contribution is -2.58. The number of ketones is 1. The second kappa shape index (κ2) is 27.2. The Morgan fingerprint density at radius 2 is 1.49 bits per heavy atom. The zero-order chi connectivity index (χ0) is 52.7. The van der Waals surface area contributed by atoms with Crippen LogP contribution in [0.1, 0.15) is 126 Å². The van der Waals surface area contributed by atoms with Gasteiger partial charge in [-0.15, -0.1) is 0 Å². The van der Waals surface area contributed by atoms with Crippen molar-refractivity contribution in [2.75, 3.05) is 27.2 Å². The summed E-state index contributed by atoms with van der Waals surface area (Å²) in [6.07, 6.45) is 0.280. The number of carbonyl (C=O) groups is 7. The molecular weight excluding hydrogens is 925 g/mol. The van der Waals surface area contributed by atoms with Crippen molar-refractivity contribution >= 4 is 41.3 Å². The smallest absolute Gasteiger partial charge is 0.326 e. The van der Waals surface area contributed by atoms with Gasteiger partial charge in [0.2, 0.25) is 35.8 Å². The van der Waals surface area contributed by atoms with Gasteiger partial charge in [-0.1, -0.05) is 71.3 Å². The first kappa shape index (κ1) is 57.9. The molecule has 21 nitrogen and oxygen atoms in total. The van der Waals surface area contributed by atoms with Gasteiger partial charge in [0.1, 0.15) is 60.0 Å². The predicted molar refractivity (Wildman–Crippen MR) is 259 cm³/mol. The van der Waals surface area contributed by atoms with Crippen molar-refractivity contribution < 1.29 is 73.7 Å². The number of fused-ring (bicyclic) bond motifs is 5. The van der Waals surface area contributed by atoms with E-state index in [2.05, 4.69) is 40.4 Å². The number of carboxylic acid groups (broad SMARTS) is 1. The summed E-state index contributed by atoms with van der Waals surface area (Å²) in [7, 11) is 2.67. The molecule has 5 amide bonds. The van der Waals surface area contributed by atoms with Crippen LogP contribution in [0.15, 0.2) is 30.3 Å². The van der Waals surface area contributed by atoms with Gasteiger partial charge >= 0.3 is 5.97 Å². The van der Waals surface area contributed by atoms with Crippen molar-refractivity contribution in [1.82, 2.24) is 31.5 Å². The van der Waals surface area contributed by atoms with Gasteiger partial charge in [-0.25, -0.2) is 4.79 Å². The van der Waals surface area contributed by atoms with Crippen LogP contribution in [-0.2, 0) is 39.9 Å². The molecule has 2 aliphatic rings. The molecule has 2 aromatic carbocycles. The van der Waals surface area contributed by atoms with Gasteiger partial charge in [0.25, 0.3) is 0 Å². The van der Waals surface area contributed by atoms with Gasteiger partial charge in [0.15, 0.2) is 5.78 Å². The van der Waals surface area contributed by atoms with Crippen molar-refractivity contribution in [1.29, 1.82) is 0 Å². The molecule has 0 aliphatic carbocycles. The summed E-state index contributed by atoms with van der Waals surface area (Å²) in [5, 5.41) is 76.1. The third kappa shape index (κ3) is 15.9. The van der Waals surface area contributed by atoms with Crippen molar-refractivity contribution in [3.63, 3.8) is 0 Å². The minimum atomic E-state index is -1.87. The molecule has 0 radical (unpaired) electrons. The molecule has 0 aromatic heterocycles. The lowest BCUT2D eigenvalue weighted by Gasteiger charge is -2.39. The fourth-order valence-electron chi connectivity index (χ4n) is 8.44. The van der Waals surface area contributed by atoms with Crippen LogP contribution in [0.5, 0.6) is 11.5 Å². The highest BCUT2D eigenvalue weighted by Crippen LogP contribution is 2.43. The quantitative estimate of drug-likeness (QED) is 0.0553. The number of aliphatic hydroxyl groups is 4. The van der Waals surface area contributed by atoms with E-state index in [1.165, 1.54) is 78.0 Å². The number of Topliss-reactive ketones (excluding diaryl/α,β-unsaturated/α-hetero) is 1. The van der Waals surface area contributed by atoms with Crippen LogP contribution in [0.2, 0.25) is 0 Å². The number of carboxylic acids is 1. The second-order valence-electron chi connectivity index (χ2n) is 19.0. The number of phenols is 1. The Kier molecular flexibility index (Phi) is 22.2. The van der Waals surface area contributed by atoms with Gasteiger partial charge in [0, 0.05) is 31.0 Å². The third-order valence-electron chi connectivity index (χ3n) is 12.9. The largest absolute Gasteiger partial charge is 0.507 e. The van der Waals surface area contributed by atoms with E-state index in [1.54, 1.807) is 0 Å².